The van der Waals surface area contributed by atoms with Gasteiger partial charge in [0.1, 0.15) is 12.4 Å². The third kappa shape index (κ3) is 12.2. The minimum Gasteiger partial charge on any atom is -0.489 e. The smallest absolute Gasteiger partial charge is 0.236 e. The van der Waals surface area contributed by atoms with Crippen molar-refractivity contribution in [2.45, 2.75) is 136 Å². The van der Waals surface area contributed by atoms with Gasteiger partial charge in [-0.3, -0.25) is 0 Å². The van der Waals surface area contributed by atoms with Crippen LogP contribution in [-0.2, 0) is 26.7 Å². The van der Waals surface area contributed by atoms with E-state index < -0.39 is 16.8 Å². The van der Waals surface area contributed by atoms with Gasteiger partial charge in [0.25, 0.3) is 0 Å². The molecule has 0 atom stereocenters. The van der Waals surface area contributed by atoms with Crippen LogP contribution in [0.1, 0.15) is 125 Å². The Kier molecular flexibility index (Phi) is 12.9. The normalized spacial score (nSPS) is 14.0. The predicted molar refractivity (Wildman–Crippen MR) is 185 cm³/mol. The van der Waals surface area contributed by atoms with Crippen molar-refractivity contribution in [3.05, 3.63) is 82.9 Å². The zero-order chi connectivity index (χ0) is 32.7. The maximum absolute atomic E-state index is 10.5. The molecule has 0 bridgehead atoms. The first-order chi connectivity index (χ1) is 19.7. The van der Waals surface area contributed by atoms with Crippen molar-refractivity contribution < 1.29 is 18.7 Å². The minimum atomic E-state index is -0.748. The lowest BCUT2D eigenvalue weighted by Crippen LogP contribution is -2.34. The zero-order valence-electron chi connectivity index (χ0n) is 29.1. The Bertz CT molecular complexity index is 1240. The first kappa shape index (κ1) is 37.2. The molecule has 2 rings (SSSR count). The molecule has 0 aromatic heterocycles. The van der Waals surface area contributed by atoms with Gasteiger partial charge in [0.05, 0.1) is 16.8 Å². The van der Waals surface area contributed by atoms with E-state index in [9.17, 15) is 5.11 Å². The van der Waals surface area contributed by atoms with Crippen LogP contribution >= 0.6 is 0 Å². The van der Waals surface area contributed by atoms with Crippen molar-refractivity contribution in [3.63, 3.8) is 0 Å². The highest BCUT2D eigenvalue weighted by Crippen LogP contribution is 2.40. The Hall–Kier alpha value is -1.97. The summed E-state index contributed by atoms with van der Waals surface area (Å²) in [7, 11) is 0.723. The van der Waals surface area contributed by atoms with E-state index in [1.165, 1.54) is 0 Å². The quantitative estimate of drug-likeness (QED) is 0.169. The maximum Gasteiger partial charge on any atom is 0.236 e. The summed E-state index contributed by atoms with van der Waals surface area (Å²) >= 11 is 0. The van der Waals surface area contributed by atoms with E-state index in [0.29, 0.717) is 39.0 Å². The van der Waals surface area contributed by atoms with Gasteiger partial charge in [-0.05, 0) is 104 Å². The topological polar surface area (TPSA) is 47.9 Å². The predicted octanol–water partition coefficient (Wildman–Crippen LogP) is 9.95. The first-order valence-electron chi connectivity index (χ1n) is 15.6. The molecule has 6 heteroatoms. The van der Waals surface area contributed by atoms with Crippen LogP contribution in [0.15, 0.2) is 60.7 Å². The molecule has 1 N–H and O–H groups in total. The van der Waals surface area contributed by atoms with Gasteiger partial charge in [-0.2, -0.15) is 0 Å². The van der Waals surface area contributed by atoms with Crippen molar-refractivity contribution in [1.82, 2.24) is 0 Å². The van der Waals surface area contributed by atoms with Crippen LogP contribution in [0, 0.1) is 0 Å². The van der Waals surface area contributed by atoms with E-state index >= 15 is 0 Å². The summed E-state index contributed by atoms with van der Waals surface area (Å²) in [5.74, 6) is 0.808. The van der Waals surface area contributed by atoms with Crippen LogP contribution in [0.3, 0.4) is 0 Å². The van der Waals surface area contributed by atoms with Crippen LogP contribution in [0.4, 0.5) is 0 Å². The van der Waals surface area contributed by atoms with Gasteiger partial charge in [0.2, 0.25) is 19.5 Å². The largest absolute Gasteiger partial charge is 0.489 e. The Balaban J connectivity index is 2.34. The van der Waals surface area contributed by atoms with Crippen molar-refractivity contribution in [3.8, 4) is 5.75 Å². The molecule has 0 aliphatic carbocycles. The maximum atomic E-state index is 10.5. The van der Waals surface area contributed by atoms with Crippen LogP contribution in [-0.4, -0.2) is 30.2 Å². The van der Waals surface area contributed by atoms with E-state index in [0.717, 1.165) is 33.6 Å². The Morgan fingerprint density at radius 1 is 0.767 bits per heavy atom. The van der Waals surface area contributed by atoms with E-state index in [2.05, 4.69) is 125 Å². The summed E-state index contributed by atoms with van der Waals surface area (Å²) in [5.41, 5.74) is 3.81. The molecule has 2 aromatic rings. The molecule has 43 heavy (non-hydrogen) atoms. The highest BCUT2D eigenvalue weighted by atomic mass is 28.2. The Labute approximate surface area is 268 Å². The summed E-state index contributed by atoms with van der Waals surface area (Å²) in [6, 6.07) is 14.8. The second-order valence-electron chi connectivity index (χ2n) is 14.6. The summed E-state index contributed by atoms with van der Waals surface area (Å²) in [6.45, 7) is 28.4. The number of hydrogen-bond donors (Lipinski definition) is 1. The molecule has 0 spiro atoms. The van der Waals surface area contributed by atoms with Gasteiger partial charge in [0.15, 0.2) is 0 Å². The van der Waals surface area contributed by atoms with Crippen LogP contribution in [0.5, 0.6) is 5.75 Å². The van der Waals surface area contributed by atoms with E-state index in [1.54, 1.807) is 0 Å². The fraction of sp³-hybridized carbons (Fsp3) is 0.568. The van der Waals surface area contributed by atoms with Gasteiger partial charge in [0, 0.05) is 0 Å². The SMILES string of the molecule is CCC(O)(/C=C/C=C(\C)c1cccc(COc2ccc(C(C)(C)O[Si]C(C)(C)C)c(C(C)(C)O[Si]C(C)(C)C)c2)c1)CC. The first-order valence-corrected chi connectivity index (χ1v) is 17.4. The monoisotopic (exact) mass is 620 g/mol. The Morgan fingerprint density at radius 2 is 1.33 bits per heavy atom. The van der Waals surface area contributed by atoms with Crippen molar-refractivity contribution in [2.24, 2.45) is 0 Å². The van der Waals surface area contributed by atoms with Crippen LogP contribution in [0.25, 0.3) is 5.57 Å². The molecule has 0 aliphatic heterocycles. The standard InChI is InChI=1S/C37H56O4Si2/c1-14-37(38,15-2)23-17-18-27(3)29-20-16-19-28(24-29)26-39-30-21-22-31(35(10,11)40-42-33(4,5)6)32(25-30)36(12,13)41-43-34(7,8)9/h16-25,38H,14-15,26H2,1-13H3/b23-17+,27-18+. The molecule has 0 saturated carbocycles. The number of allylic oxidation sites excluding steroid dienone is 3. The van der Waals surface area contributed by atoms with Crippen LogP contribution in [0.2, 0.25) is 10.1 Å². The molecular formula is C37H56O4Si2. The highest BCUT2D eigenvalue weighted by molar-refractivity contribution is 6.32. The number of hydrogen-bond acceptors (Lipinski definition) is 4. The molecule has 236 valence electrons. The lowest BCUT2D eigenvalue weighted by molar-refractivity contribution is 0.0826. The molecule has 0 fully saturated rings. The van der Waals surface area contributed by atoms with Gasteiger partial charge < -0.3 is 18.7 Å². The number of rotatable bonds is 14. The molecule has 0 saturated heterocycles. The Morgan fingerprint density at radius 3 is 1.86 bits per heavy atom. The summed E-state index contributed by atoms with van der Waals surface area (Å²) in [4.78, 5) is 0. The molecule has 0 heterocycles. The molecule has 0 aliphatic rings. The van der Waals surface area contributed by atoms with Crippen molar-refractivity contribution >= 4 is 25.1 Å². The molecular weight excluding hydrogens is 565 g/mol. The van der Waals surface area contributed by atoms with Gasteiger partial charge in [-0.1, -0.05) is 97.9 Å². The lowest BCUT2D eigenvalue weighted by Gasteiger charge is -2.37. The molecule has 0 amide bonds. The fourth-order valence-corrected chi connectivity index (χ4v) is 5.68. The average Bonchev–Trinajstić information content (AvgIpc) is 2.93. The second kappa shape index (κ2) is 14.9. The third-order valence-corrected chi connectivity index (χ3v) is 9.73. The van der Waals surface area contributed by atoms with E-state index in [-0.39, 0.29) is 10.1 Å². The number of benzene rings is 2. The molecule has 0 unspecified atom stereocenters. The summed E-state index contributed by atoms with van der Waals surface area (Å²) in [6.07, 6.45) is 7.32. The summed E-state index contributed by atoms with van der Waals surface area (Å²) in [5, 5.41) is 10.7. The lowest BCUT2D eigenvalue weighted by atomic mass is 9.85. The number of aliphatic hydroxyl groups is 1. The van der Waals surface area contributed by atoms with E-state index in [4.69, 9.17) is 13.6 Å². The molecule has 4 radical (unpaired) electrons. The average molecular weight is 621 g/mol. The van der Waals surface area contributed by atoms with Crippen molar-refractivity contribution in [2.75, 3.05) is 0 Å². The van der Waals surface area contributed by atoms with E-state index in [1.807, 2.05) is 26.0 Å². The van der Waals surface area contributed by atoms with Gasteiger partial charge >= 0.3 is 0 Å². The molecule has 4 nitrogen and oxygen atoms in total. The highest BCUT2D eigenvalue weighted by Gasteiger charge is 2.34. The molecule has 2 aromatic carbocycles. The number of ether oxygens (including phenoxy) is 1. The van der Waals surface area contributed by atoms with Crippen LogP contribution < -0.4 is 4.74 Å². The minimum absolute atomic E-state index is 0.0752. The van der Waals surface area contributed by atoms with Gasteiger partial charge in [-0.25, -0.2) is 0 Å². The summed E-state index contributed by atoms with van der Waals surface area (Å²) < 4.78 is 19.5. The third-order valence-electron chi connectivity index (χ3n) is 7.28. The fourth-order valence-electron chi connectivity index (χ4n) is 4.33. The second-order valence-corrected chi connectivity index (χ2v) is 18.5. The van der Waals surface area contributed by atoms with Crippen molar-refractivity contribution in [1.29, 1.82) is 0 Å². The zero-order valence-corrected chi connectivity index (χ0v) is 31.1. The van der Waals surface area contributed by atoms with Gasteiger partial charge in [-0.15, -0.1) is 0 Å².